The fourth-order valence-corrected chi connectivity index (χ4v) is 6.20. The zero-order valence-electron chi connectivity index (χ0n) is 36.0. The molecule has 0 radical (unpaired) electrons. The van der Waals surface area contributed by atoms with E-state index in [1.807, 2.05) is 0 Å². The molecule has 0 aliphatic carbocycles. The molecular formula is C48H72N4Zr. The van der Waals surface area contributed by atoms with Crippen LogP contribution in [0.1, 0.15) is 203 Å². The van der Waals surface area contributed by atoms with Crippen molar-refractivity contribution in [1.29, 1.82) is 0 Å². The maximum atomic E-state index is 8.01. The van der Waals surface area contributed by atoms with Crippen LogP contribution < -0.4 is 0 Å². The molecule has 0 amide bonds. The van der Waals surface area contributed by atoms with Crippen LogP contribution in [0.25, 0.3) is 22.9 Å². The van der Waals surface area contributed by atoms with Gasteiger partial charge < -0.3 is 22.9 Å². The quantitative estimate of drug-likeness (QED) is 0.170. The van der Waals surface area contributed by atoms with Crippen LogP contribution in [0.5, 0.6) is 0 Å². The molecule has 0 saturated heterocycles. The van der Waals surface area contributed by atoms with Gasteiger partial charge in [0.25, 0.3) is 0 Å². The van der Waals surface area contributed by atoms with E-state index in [-0.39, 0.29) is 26.2 Å². The molecule has 4 rings (SSSR count). The first-order valence-electron chi connectivity index (χ1n) is 19.5. The molecule has 0 aliphatic rings. The van der Waals surface area contributed by atoms with Crippen LogP contribution >= 0.6 is 0 Å². The molecule has 0 heterocycles. The van der Waals surface area contributed by atoms with Gasteiger partial charge in [-0.05, 0) is 47.3 Å². The summed E-state index contributed by atoms with van der Waals surface area (Å²) in [5, 5.41) is 0. The van der Waals surface area contributed by atoms with Crippen LogP contribution in [0.15, 0.2) is 72.8 Å². The first-order chi connectivity index (χ1) is 24.1. The van der Waals surface area contributed by atoms with Crippen LogP contribution in [-0.2, 0) is 26.2 Å². The Morgan fingerprint density at radius 3 is 0.415 bits per heavy atom. The van der Waals surface area contributed by atoms with E-state index < -0.39 is 0 Å². The van der Waals surface area contributed by atoms with Gasteiger partial charge in [-0.3, -0.25) is 0 Å². The molecule has 4 N–H and O–H groups in total. The van der Waals surface area contributed by atoms with Crippen molar-refractivity contribution in [1.82, 2.24) is 0 Å². The Labute approximate surface area is 345 Å². The summed E-state index contributed by atoms with van der Waals surface area (Å²) < 4.78 is 0. The summed E-state index contributed by atoms with van der Waals surface area (Å²) in [4.78, 5) is 0. The zero-order chi connectivity index (χ0) is 40.0. The van der Waals surface area contributed by atoms with Crippen LogP contribution in [0, 0.1) is 0 Å². The molecule has 0 spiro atoms. The Morgan fingerprint density at radius 1 is 0.245 bits per heavy atom. The SMILES string of the molecule is CC(C)c1cccc(C(C)C)c1[NH-].CC(C)c1cccc(C(C)C)c1[NH-].CC(C)c1cccc(C(C)C)c1[NH-].CC(C)c1cccc(C(C)C)c1[NH-].[Zr+4]. The van der Waals surface area contributed by atoms with Gasteiger partial charge in [-0.25, -0.2) is 0 Å². The van der Waals surface area contributed by atoms with Gasteiger partial charge in [0.2, 0.25) is 0 Å². The van der Waals surface area contributed by atoms with Crippen LogP contribution in [0.4, 0.5) is 22.7 Å². The molecule has 4 nitrogen and oxygen atoms in total. The molecule has 53 heavy (non-hydrogen) atoms. The maximum absolute atomic E-state index is 8.01. The third-order valence-electron chi connectivity index (χ3n) is 9.49. The number of benzene rings is 4. The van der Waals surface area contributed by atoms with Crippen molar-refractivity contribution < 1.29 is 26.2 Å². The average Bonchev–Trinajstić information content (AvgIpc) is 3.05. The molecule has 0 saturated carbocycles. The summed E-state index contributed by atoms with van der Waals surface area (Å²) in [5.41, 5.74) is 44.2. The minimum Gasteiger partial charge on any atom is -0.698 e. The Bertz CT molecular complexity index is 1300. The molecule has 0 aromatic heterocycles. The summed E-state index contributed by atoms with van der Waals surface area (Å²) in [6, 6.07) is 24.7. The van der Waals surface area contributed by atoms with Crippen LogP contribution in [0.2, 0.25) is 0 Å². The molecular weight excluding hydrogens is 724 g/mol. The molecule has 0 atom stereocenters. The number of rotatable bonds is 8. The van der Waals surface area contributed by atoms with Crippen molar-refractivity contribution in [2.75, 3.05) is 0 Å². The summed E-state index contributed by atoms with van der Waals surface area (Å²) in [7, 11) is 0. The fraction of sp³-hybridized carbons (Fsp3) is 0.500. The van der Waals surface area contributed by atoms with Crippen molar-refractivity contribution in [2.45, 2.75) is 158 Å². The third kappa shape index (κ3) is 15.0. The minimum absolute atomic E-state index is 0. The van der Waals surface area contributed by atoms with E-state index in [1.165, 1.54) is 0 Å². The first kappa shape index (κ1) is 50.0. The predicted molar refractivity (Wildman–Crippen MR) is 234 cm³/mol. The third-order valence-corrected chi connectivity index (χ3v) is 9.49. The fourth-order valence-electron chi connectivity index (χ4n) is 6.20. The summed E-state index contributed by atoms with van der Waals surface area (Å²) in [6.45, 7) is 34.2. The van der Waals surface area contributed by atoms with Gasteiger partial charge >= 0.3 is 26.2 Å². The summed E-state index contributed by atoms with van der Waals surface area (Å²) >= 11 is 0. The first-order valence-corrected chi connectivity index (χ1v) is 19.5. The van der Waals surface area contributed by atoms with E-state index in [1.54, 1.807) is 0 Å². The van der Waals surface area contributed by atoms with E-state index in [2.05, 4.69) is 184 Å². The van der Waals surface area contributed by atoms with Gasteiger partial charge in [0.05, 0.1) is 0 Å². The average molecular weight is 796 g/mol. The molecule has 4 aromatic rings. The van der Waals surface area contributed by atoms with Crippen molar-refractivity contribution in [3.8, 4) is 0 Å². The van der Waals surface area contributed by atoms with E-state index in [0.717, 1.165) is 67.3 Å². The second-order valence-corrected chi connectivity index (χ2v) is 16.5. The van der Waals surface area contributed by atoms with E-state index >= 15 is 0 Å². The molecule has 0 unspecified atom stereocenters. The maximum Gasteiger partial charge on any atom is 4.00 e. The largest absolute Gasteiger partial charge is 4.00 e. The number of nitrogens with one attached hydrogen (secondary N) is 4. The normalized spacial score (nSPS) is 11.0. The summed E-state index contributed by atoms with van der Waals surface area (Å²) in [5.74, 6) is 3.60. The molecule has 288 valence electrons. The predicted octanol–water partition coefficient (Wildman–Crippen LogP) is 18.5. The van der Waals surface area contributed by atoms with Crippen LogP contribution in [0.3, 0.4) is 0 Å². The van der Waals surface area contributed by atoms with Crippen LogP contribution in [-0.4, -0.2) is 0 Å². The van der Waals surface area contributed by atoms with Crippen molar-refractivity contribution in [2.24, 2.45) is 0 Å². The van der Waals surface area contributed by atoms with Gasteiger partial charge in [0, 0.05) is 0 Å². The topological polar surface area (TPSA) is 95.2 Å². The van der Waals surface area contributed by atoms with Crippen molar-refractivity contribution >= 4 is 22.7 Å². The van der Waals surface area contributed by atoms with Gasteiger partial charge in [0.1, 0.15) is 0 Å². The Balaban J connectivity index is 0.000000676. The number of hydrogen-bond donors (Lipinski definition) is 0. The van der Waals surface area contributed by atoms with Gasteiger partial charge in [-0.15, -0.1) is 22.7 Å². The Morgan fingerprint density at radius 2 is 0.340 bits per heavy atom. The van der Waals surface area contributed by atoms with Crippen molar-refractivity contribution in [3.05, 3.63) is 140 Å². The van der Waals surface area contributed by atoms with Crippen molar-refractivity contribution in [3.63, 3.8) is 0 Å². The van der Waals surface area contributed by atoms with E-state index in [4.69, 9.17) is 22.9 Å². The zero-order valence-corrected chi connectivity index (χ0v) is 38.5. The van der Waals surface area contributed by atoms with Gasteiger partial charge in [0.15, 0.2) is 0 Å². The smallest absolute Gasteiger partial charge is 0.698 e. The molecule has 0 fully saturated rings. The van der Waals surface area contributed by atoms with Gasteiger partial charge in [-0.2, -0.15) is 0 Å². The molecule has 0 aliphatic heterocycles. The standard InChI is InChI=1S/4C12H18N.Zr/c4*1-8(2)10-6-5-7-11(9(3)4)12(10)13;/h4*5-9,13H,1-4H3;/q4*-1;+4. The molecule has 5 heteroatoms. The second kappa shape index (κ2) is 23.7. The molecule has 0 bridgehead atoms. The Hall–Kier alpha value is -3.04. The minimum atomic E-state index is 0. The monoisotopic (exact) mass is 794 g/mol. The summed E-state index contributed by atoms with van der Waals surface area (Å²) in [6.07, 6.45) is 0. The Kier molecular flexibility index (Phi) is 22.3. The van der Waals surface area contributed by atoms with Gasteiger partial charge in [-0.1, -0.05) is 228 Å². The molecule has 4 aromatic carbocycles. The van der Waals surface area contributed by atoms with E-state index in [0.29, 0.717) is 47.3 Å². The number of hydrogen-bond acceptors (Lipinski definition) is 0. The second-order valence-electron chi connectivity index (χ2n) is 16.5. The van der Waals surface area contributed by atoms with E-state index in [9.17, 15) is 0 Å².